The molecule has 1 N–H and O–H groups in total. The van der Waals surface area contributed by atoms with E-state index in [1.807, 2.05) is 31.2 Å². The van der Waals surface area contributed by atoms with E-state index < -0.39 is 18.8 Å². The van der Waals surface area contributed by atoms with E-state index in [1.54, 1.807) is 19.1 Å². The summed E-state index contributed by atoms with van der Waals surface area (Å²) in [7, 11) is -3.26. The van der Waals surface area contributed by atoms with Gasteiger partial charge in [-0.25, -0.2) is 0 Å². The second kappa shape index (κ2) is 8.57. The first kappa shape index (κ1) is 21.4. The van der Waals surface area contributed by atoms with Gasteiger partial charge in [0.25, 0.3) is 7.52 Å². The number of benzene rings is 1. The zero-order valence-corrected chi connectivity index (χ0v) is 17.3. The van der Waals surface area contributed by atoms with Gasteiger partial charge in [0, 0.05) is 17.4 Å². The summed E-state index contributed by atoms with van der Waals surface area (Å²) in [6.45, 7) is 3.96. The average molecular weight is 443 g/mol. The topological polar surface area (TPSA) is 90.1 Å². The van der Waals surface area contributed by atoms with E-state index in [9.17, 15) is 13.3 Å². The molecule has 3 aromatic rings. The molecule has 3 rings (SSSR count). The largest absolute Gasteiger partial charge is 0.400 e. The van der Waals surface area contributed by atoms with E-state index in [4.69, 9.17) is 16.1 Å². The van der Waals surface area contributed by atoms with Gasteiger partial charge in [-0.05, 0) is 49.7 Å². The minimum Gasteiger partial charge on any atom is -0.331 e. The molecule has 0 saturated heterocycles. The van der Waals surface area contributed by atoms with Crippen molar-refractivity contribution in [1.29, 1.82) is 0 Å². The fraction of sp³-hybridized carbons (Fsp3) is 0.278. The Balaban J connectivity index is 1.76. The number of hydrogen-bond donors (Lipinski definition) is 1. The lowest BCUT2D eigenvalue weighted by Gasteiger charge is -2.20. The van der Waals surface area contributed by atoms with Crippen molar-refractivity contribution < 1.29 is 22.4 Å². The standard InChI is InChI=1S/C18H18ClF2N4O3P/c1-3-27-29(26,25-14-7-4-12(2)5-8-14)11-15-9-6-13(10-22-15)16-23-17(28-24-16)18(19,20)21/h4-10H,3,11H2,1-2H3,(H,25,26). The SMILES string of the molecule is CCOP(=O)(Cc1ccc(-c2noc(C(F)(F)Cl)n2)cn1)Nc1ccc(C)cc1. The Bertz CT molecular complexity index is 1010. The van der Waals surface area contributed by atoms with Crippen LogP contribution in [0, 0.1) is 6.92 Å². The molecule has 0 bridgehead atoms. The van der Waals surface area contributed by atoms with Gasteiger partial charge in [0.05, 0.1) is 18.5 Å². The molecule has 0 radical (unpaired) electrons. The van der Waals surface area contributed by atoms with Gasteiger partial charge in [0.15, 0.2) is 0 Å². The van der Waals surface area contributed by atoms with Gasteiger partial charge in [0.1, 0.15) is 0 Å². The minimum absolute atomic E-state index is 0.0340. The molecule has 0 fully saturated rings. The number of halogens is 3. The number of pyridine rings is 1. The van der Waals surface area contributed by atoms with E-state index in [0.717, 1.165) is 5.56 Å². The third kappa shape index (κ3) is 5.59. The van der Waals surface area contributed by atoms with Crippen molar-refractivity contribution in [3.8, 4) is 11.4 Å². The summed E-state index contributed by atoms with van der Waals surface area (Å²) in [5.74, 6) is -1.08. The van der Waals surface area contributed by atoms with Gasteiger partial charge in [-0.2, -0.15) is 13.8 Å². The fourth-order valence-corrected chi connectivity index (χ4v) is 4.36. The molecule has 0 aliphatic carbocycles. The van der Waals surface area contributed by atoms with Gasteiger partial charge >= 0.3 is 11.3 Å². The number of aryl methyl sites for hydroxylation is 1. The molecule has 11 heteroatoms. The Labute approximate surface area is 171 Å². The zero-order chi connectivity index (χ0) is 21.1. The van der Waals surface area contributed by atoms with Crippen LogP contribution in [0.25, 0.3) is 11.4 Å². The molecule has 0 aliphatic heterocycles. The monoisotopic (exact) mass is 442 g/mol. The van der Waals surface area contributed by atoms with E-state index in [1.165, 1.54) is 6.20 Å². The summed E-state index contributed by atoms with van der Waals surface area (Å²) >= 11 is 4.86. The molecular formula is C18H18ClF2N4O3P. The predicted molar refractivity (Wildman–Crippen MR) is 105 cm³/mol. The summed E-state index contributed by atoms with van der Waals surface area (Å²) in [5, 5.41) is 2.68. The van der Waals surface area contributed by atoms with Crippen LogP contribution in [0.3, 0.4) is 0 Å². The van der Waals surface area contributed by atoms with E-state index in [-0.39, 0.29) is 18.6 Å². The van der Waals surface area contributed by atoms with E-state index in [2.05, 4.69) is 24.7 Å². The van der Waals surface area contributed by atoms with Crippen LogP contribution in [0.15, 0.2) is 47.1 Å². The smallest absolute Gasteiger partial charge is 0.331 e. The number of nitrogens with zero attached hydrogens (tertiary/aromatic N) is 3. The molecule has 1 aromatic carbocycles. The highest BCUT2D eigenvalue weighted by Gasteiger charge is 2.35. The minimum atomic E-state index is -3.75. The highest BCUT2D eigenvalue weighted by atomic mass is 35.5. The number of rotatable bonds is 8. The molecular weight excluding hydrogens is 425 g/mol. The highest BCUT2D eigenvalue weighted by molar-refractivity contribution is 7.59. The highest BCUT2D eigenvalue weighted by Crippen LogP contribution is 2.49. The van der Waals surface area contributed by atoms with Crippen molar-refractivity contribution in [3.05, 3.63) is 59.7 Å². The maximum Gasteiger partial charge on any atom is 0.400 e. The molecule has 1 atom stereocenters. The van der Waals surface area contributed by atoms with Crippen LogP contribution in [-0.4, -0.2) is 21.7 Å². The zero-order valence-electron chi connectivity index (χ0n) is 15.6. The van der Waals surface area contributed by atoms with Crippen LogP contribution in [0.5, 0.6) is 0 Å². The molecule has 0 saturated carbocycles. The van der Waals surface area contributed by atoms with Crippen LogP contribution in [-0.2, 0) is 20.6 Å². The summed E-state index contributed by atoms with van der Waals surface area (Å²) < 4.78 is 49.2. The fourth-order valence-electron chi connectivity index (χ4n) is 2.47. The van der Waals surface area contributed by atoms with Crippen molar-refractivity contribution in [1.82, 2.24) is 15.1 Å². The predicted octanol–water partition coefficient (Wildman–Crippen LogP) is 5.57. The van der Waals surface area contributed by atoms with E-state index in [0.29, 0.717) is 16.9 Å². The van der Waals surface area contributed by atoms with Crippen LogP contribution < -0.4 is 5.09 Å². The number of hydrogen-bond acceptors (Lipinski definition) is 6. The number of alkyl halides is 3. The average Bonchev–Trinajstić information content (AvgIpc) is 3.15. The molecule has 2 aromatic heterocycles. The normalized spacial score (nSPS) is 13.8. The molecule has 154 valence electrons. The lowest BCUT2D eigenvalue weighted by molar-refractivity contribution is 0.0551. The summed E-state index contributed by atoms with van der Waals surface area (Å²) in [6, 6.07) is 10.6. The first-order valence-electron chi connectivity index (χ1n) is 8.63. The van der Waals surface area contributed by atoms with Crippen molar-refractivity contribution >= 4 is 24.8 Å². The van der Waals surface area contributed by atoms with Crippen molar-refractivity contribution in [2.75, 3.05) is 11.7 Å². The summed E-state index contributed by atoms with van der Waals surface area (Å²) in [4.78, 5) is 7.77. The van der Waals surface area contributed by atoms with Gasteiger partial charge in [-0.3, -0.25) is 9.55 Å². The Kier molecular flexibility index (Phi) is 6.31. The lowest BCUT2D eigenvalue weighted by atomic mass is 10.2. The quantitative estimate of drug-likeness (QED) is 0.360. The number of anilines is 1. The Morgan fingerprint density at radius 2 is 1.97 bits per heavy atom. The lowest BCUT2D eigenvalue weighted by Crippen LogP contribution is -2.05. The van der Waals surface area contributed by atoms with E-state index >= 15 is 0 Å². The van der Waals surface area contributed by atoms with Gasteiger partial charge in [0.2, 0.25) is 5.82 Å². The van der Waals surface area contributed by atoms with Gasteiger partial charge in [-0.15, -0.1) is 0 Å². The van der Waals surface area contributed by atoms with Crippen LogP contribution in [0.2, 0.25) is 0 Å². The van der Waals surface area contributed by atoms with Crippen molar-refractivity contribution in [2.24, 2.45) is 0 Å². The molecule has 7 nitrogen and oxygen atoms in total. The first-order valence-corrected chi connectivity index (χ1v) is 10.8. The summed E-state index contributed by atoms with van der Waals surface area (Å²) in [6.07, 6.45) is 1.41. The Morgan fingerprint density at radius 3 is 2.52 bits per heavy atom. The van der Waals surface area contributed by atoms with Gasteiger partial charge < -0.3 is 14.1 Å². The van der Waals surface area contributed by atoms with Crippen LogP contribution >= 0.6 is 19.1 Å². The second-order valence-electron chi connectivity index (χ2n) is 6.19. The molecule has 29 heavy (non-hydrogen) atoms. The van der Waals surface area contributed by atoms with Crippen LogP contribution in [0.1, 0.15) is 24.1 Å². The third-order valence-corrected chi connectivity index (χ3v) is 5.99. The van der Waals surface area contributed by atoms with Crippen molar-refractivity contribution in [3.63, 3.8) is 0 Å². The second-order valence-corrected chi connectivity index (χ2v) is 8.81. The van der Waals surface area contributed by atoms with Crippen molar-refractivity contribution in [2.45, 2.75) is 25.4 Å². The molecule has 0 aliphatic rings. The van der Waals surface area contributed by atoms with Gasteiger partial charge in [-0.1, -0.05) is 22.9 Å². The Hall–Kier alpha value is -2.35. The third-order valence-electron chi connectivity index (χ3n) is 3.81. The maximum absolute atomic E-state index is 13.2. The Morgan fingerprint density at radius 1 is 1.24 bits per heavy atom. The molecule has 2 heterocycles. The molecule has 1 unspecified atom stereocenters. The molecule has 0 spiro atoms. The first-order chi connectivity index (χ1) is 13.7. The molecule has 0 amide bonds. The van der Waals surface area contributed by atoms with Crippen LogP contribution in [0.4, 0.5) is 14.5 Å². The maximum atomic E-state index is 13.2. The summed E-state index contributed by atoms with van der Waals surface area (Å²) in [5.41, 5.74) is 2.58. The number of aromatic nitrogens is 3. The number of nitrogens with one attached hydrogen (secondary N) is 1.